The lowest BCUT2D eigenvalue weighted by molar-refractivity contribution is -0.114. The molecule has 0 bridgehead atoms. The molecule has 0 spiro atoms. The van der Waals surface area contributed by atoms with Crippen molar-refractivity contribution in [1.29, 1.82) is 0 Å². The second-order valence-electron chi connectivity index (χ2n) is 6.74. The Kier molecular flexibility index (Phi) is 3.95. The monoisotopic (exact) mass is 291 g/mol. The van der Waals surface area contributed by atoms with Crippen molar-refractivity contribution in [2.75, 3.05) is 20.3 Å². The molecule has 2 N–H and O–H groups in total. The van der Waals surface area contributed by atoms with Crippen molar-refractivity contribution in [2.45, 2.75) is 38.5 Å². The summed E-state index contributed by atoms with van der Waals surface area (Å²) < 4.78 is 10.9. The second kappa shape index (κ2) is 5.59. The second-order valence-corrected chi connectivity index (χ2v) is 6.74. The SMILES string of the molecule is COc1ccc(C(O)CNC2C3CCOC3C2(C)C)cc1. The maximum Gasteiger partial charge on any atom is 0.118 e. The minimum atomic E-state index is -0.493. The van der Waals surface area contributed by atoms with Crippen molar-refractivity contribution >= 4 is 0 Å². The van der Waals surface area contributed by atoms with E-state index in [1.54, 1.807) is 7.11 Å². The molecule has 2 aliphatic rings. The zero-order valence-electron chi connectivity index (χ0n) is 13.0. The van der Waals surface area contributed by atoms with Crippen molar-refractivity contribution < 1.29 is 14.6 Å². The summed E-state index contributed by atoms with van der Waals surface area (Å²) in [6.07, 6.45) is 1.02. The van der Waals surface area contributed by atoms with Gasteiger partial charge in [0.15, 0.2) is 0 Å². The number of methoxy groups -OCH3 is 1. The number of hydrogen-bond acceptors (Lipinski definition) is 4. The van der Waals surface area contributed by atoms with Crippen LogP contribution in [0.4, 0.5) is 0 Å². The topological polar surface area (TPSA) is 50.7 Å². The molecule has 1 heterocycles. The standard InChI is InChI=1S/C17H25NO3/c1-17(2)15(13-8-9-21-16(13)17)18-10-14(19)11-4-6-12(20-3)7-5-11/h4-7,13-16,18-19H,8-10H2,1-3H3. The first-order valence-corrected chi connectivity index (χ1v) is 7.71. The van der Waals surface area contributed by atoms with Gasteiger partial charge in [0, 0.05) is 30.5 Å². The smallest absolute Gasteiger partial charge is 0.118 e. The lowest BCUT2D eigenvalue weighted by Crippen LogP contribution is -2.66. The van der Waals surface area contributed by atoms with E-state index in [-0.39, 0.29) is 5.41 Å². The molecule has 1 saturated heterocycles. The van der Waals surface area contributed by atoms with E-state index in [4.69, 9.17) is 9.47 Å². The van der Waals surface area contributed by atoms with Crippen LogP contribution in [0.15, 0.2) is 24.3 Å². The fourth-order valence-electron chi connectivity index (χ4n) is 3.92. The molecule has 4 heteroatoms. The van der Waals surface area contributed by atoms with Gasteiger partial charge in [-0.2, -0.15) is 0 Å². The third-order valence-corrected chi connectivity index (χ3v) is 5.13. The number of hydrogen-bond donors (Lipinski definition) is 2. The first kappa shape index (κ1) is 14.8. The van der Waals surface area contributed by atoms with Gasteiger partial charge in [-0.1, -0.05) is 26.0 Å². The van der Waals surface area contributed by atoms with Gasteiger partial charge in [0.2, 0.25) is 0 Å². The number of aliphatic hydroxyl groups is 1. The molecule has 0 radical (unpaired) electrons. The van der Waals surface area contributed by atoms with Crippen molar-refractivity contribution in [2.24, 2.45) is 11.3 Å². The molecule has 1 aliphatic carbocycles. The fraction of sp³-hybridized carbons (Fsp3) is 0.647. The summed E-state index contributed by atoms with van der Waals surface area (Å²) >= 11 is 0. The van der Waals surface area contributed by atoms with Gasteiger partial charge in [-0.15, -0.1) is 0 Å². The van der Waals surface area contributed by atoms with Gasteiger partial charge in [0.25, 0.3) is 0 Å². The van der Waals surface area contributed by atoms with Crippen LogP contribution >= 0.6 is 0 Å². The molecule has 4 unspecified atom stereocenters. The molecule has 0 aromatic heterocycles. The van der Waals surface area contributed by atoms with Crippen molar-refractivity contribution in [3.8, 4) is 5.75 Å². The molecule has 0 amide bonds. The summed E-state index contributed by atoms with van der Waals surface area (Å²) in [5, 5.41) is 13.9. The van der Waals surface area contributed by atoms with E-state index in [1.165, 1.54) is 0 Å². The molecular weight excluding hydrogens is 266 g/mol. The Morgan fingerprint density at radius 2 is 2.10 bits per heavy atom. The summed E-state index contributed by atoms with van der Waals surface area (Å²) in [5.41, 5.74) is 1.07. The minimum Gasteiger partial charge on any atom is -0.497 e. The van der Waals surface area contributed by atoms with E-state index in [2.05, 4.69) is 19.2 Å². The Hall–Kier alpha value is -1.10. The highest BCUT2D eigenvalue weighted by Gasteiger charge is 2.58. The maximum absolute atomic E-state index is 10.3. The molecular formula is C17H25NO3. The highest BCUT2D eigenvalue weighted by atomic mass is 16.5. The van der Waals surface area contributed by atoms with Crippen LogP contribution in [0.25, 0.3) is 0 Å². The van der Waals surface area contributed by atoms with E-state index in [1.807, 2.05) is 24.3 Å². The average Bonchev–Trinajstić information content (AvgIpc) is 2.94. The average molecular weight is 291 g/mol. The molecule has 21 heavy (non-hydrogen) atoms. The molecule has 116 valence electrons. The Morgan fingerprint density at radius 1 is 1.38 bits per heavy atom. The van der Waals surface area contributed by atoms with E-state index in [0.29, 0.717) is 24.6 Å². The van der Waals surface area contributed by atoms with Gasteiger partial charge in [0.1, 0.15) is 5.75 Å². The van der Waals surface area contributed by atoms with Gasteiger partial charge >= 0.3 is 0 Å². The number of aliphatic hydroxyl groups excluding tert-OH is 1. The first-order chi connectivity index (χ1) is 10.0. The Morgan fingerprint density at radius 3 is 2.76 bits per heavy atom. The summed E-state index contributed by atoms with van der Waals surface area (Å²) in [4.78, 5) is 0. The van der Waals surface area contributed by atoms with E-state index >= 15 is 0 Å². The van der Waals surface area contributed by atoms with E-state index in [9.17, 15) is 5.11 Å². The quantitative estimate of drug-likeness (QED) is 0.872. The van der Waals surface area contributed by atoms with Gasteiger partial charge in [-0.05, 0) is 24.1 Å². The predicted molar refractivity (Wildman–Crippen MR) is 81.4 cm³/mol. The van der Waals surface area contributed by atoms with Gasteiger partial charge in [-0.3, -0.25) is 0 Å². The highest BCUT2D eigenvalue weighted by Crippen LogP contribution is 2.52. The van der Waals surface area contributed by atoms with Crippen LogP contribution in [0.5, 0.6) is 5.75 Å². The predicted octanol–water partition coefficient (Wildman–Crippen LogP) is 2.13. The van der Waals surface area contributed by atoms with Crippen LogP contribution in [0, 0.1) is 11.3 Å². The Labute approximate surface area is 126 Å². The third kappa shape index (κ3) is 2.56. The van der Waals surface area contributed by atoms with Crippen molar-refractivity contribution in [1.82, 2.24) is 5.32 Å². The van der Waals surface area contributed by atoms with Gasteiger partial charge in [0.05, 0.1) is 19.3 Å². The Balaban J connectivity index is 1.57. The van der Waals surface area contributed by atoms with Gasteiger partial charge < -0.3 is 19.9 Å². The zero-order valence-corrected chi connectivity index (χ0v) is 13.0. The lowest BCUT2D eigenvalue weighted by Gasteiger charge is -2.55. The Bertz CT molecular complexity index is 485. The molecule has 4 nitrogen and oxygen atoms in total. The van der Waals surface area contributed by atoms with Crippen LogP contribution in [0.2, 0.25) is 0 Å². The van der Waals surface area contributed by atoms with Crippen LogP contribution in [-0.4, -0.2) is 37.5 Å². The molecule has 1 aromatic carbocycles. The lowest BCUT2D eigenvalue weighted by atomic mass is 9.57. The van der Waals surface area contributed by atoms with Crippen LogP contribution < -0.4 is 10.1 Å². The molecule has 4 atom stereocenters. The fourth-order valence-corrected chi connectivity index (χ4v) is 3.92. The summed E-state index contributed by atoms with van der Waals surface area (Å²) in [6, 6.07) is 8.02. The van der Waals surface area contributed by atoms with Crippen molar-refractivity contribution in [3.05, 3.63) is 29.8 Å². The molecule has 1 aliphatic heterocycles. The van der Waals surface area contributed by atoms with Gasteiger partial charge in [-0.25, -0.2) is 0 Å². The normalized spacial score (nSPS) is 31.3. The number of nitrogens with one attached hydrogen (secondary N) is 1. The number of benzene rings is 1. The van der Waals surface area contributed by atoms with Crippen LogP contribution in [-0.2, 0) is 4.74 Å². The summed E-state index contributed by atoms with van der Waals surface area (Å²) in [6.45, 7) is 5.94. The molecule has 1 aromatic rings. The minimum absolute atomic E-state index is 0.154. The maximum atomic E-state index is 10.3. The third-order valence-electron chi connectivity index (χ3n) is 5.13. The molecule has 3 rings (SSSR count). The van der Waals surface area contributed by atoms with Crippen LogP contribution in [0.3, 0.4) is 0 Å². The molecule has 2 fully saturated rings. The molecule has 1 saturated carbocycles. The largest absolute Gasteiger partial charge is 0.497 e. The number of rotatable bonds is 5. The summed E-state index contributed by atoms with van der Waals surface area (Å²) in [5.74, 6) is 1.41. The van der Waals surface area contributed by atoms with Crippen LogP contribution in [0.1, 0.15) is 31.9 Å². The first-order valence-electron chi connectivity index (χ1n) is 7.71. The van der Waals surface area contributed by atoms with E-state index in [0.717, 1.165) is 24.3 Å². The highest BCUT2D eigenvalue weighted by molar-refractivity contribution is 5.28. The summed E-state index contributed by atoms with van der Waals surface area (Å²) in [7, 11) is 1.64. The van der Waals surface area contributed by atoms with E-state index < -0.39 is 6.10 Å². The number of fused-ring (bicyclic) bond motifs is 1. The van der Waals surface area contributed by atoms with Crippen molar-refractivity contribution in [3.63, 3.8) is 0 Å². The number of ether oxygens (including phenoxy) is 2. The zero-order chi connectivity index (χ0) is 15.0.